The fourth-order valence-corrected chi connectivity index (χ4v) is 8.48. The summed E-state index contributed by atoms with van der Waals surface area (Å²) in [5.41, 5.74) is 0. The lowest BCUT2D eigenvalue weighted by Crippen LogP contribution is -2.46. The largest absolute Gasteiger partial charge is 0.501 e. The van der Waals surface area contributed by atoms with Gasteiger partial charge in [0.05, 0.1) is 6.10 Å². The molecule has 0 N–H and O–H groups in total. The Morgan fingerprint density at radius 1 is 0.645 bits per heavy atom. The molecule has 0 unspecified atom stereocenters. The number of hydrogen-bond donors (Lipinski definition) is 0. The zero-order valence-corrected chi connectivity index (χ0v) is 22.2. The lowest BCUT2D eigenvalue weighted by molar-refractivity contribution is 0.00424. The zero-order valence-electron chi connectivity index (χ0n) is 21.2. The third-order valence-corrected chi connectivity index (χ3v) is 10.7. The summed E-state index contributed by atoms with van der Waals surface area (Å²) in [5, 5.41) is 0. The van der Waals surface area contributed by atoms with Crippen LogP contribution in [0.3, 0.4) is 0 Å². The third-order valence-electron chi connectivity index (χ3n) is 7.57. The van der Waals surface area contributed by atoms with E-state index in [0.29, 0.717) is 25.9 Å². The van der Waals surface area contributed by atoms with Gasteiger partial charge in [-0.1, -0.05) is 45.4 Å². The minimum Gasteiger partial charge on any atom is -0.378 e. The molecule has 0 spiro atoms. The van der Waals surface area contributed by atoms with Gasteiger partial charge in [-0.15, -0.1) is 0 Å². The van der Waals surface area contributed by atoms with E-state index in [1.165, 1.54) is 77.0 Å². The molecule has 0 aliphatic heterocycles. The lowest BCUT2D eigenvalue weighted by atomic mass is 9.70. The minimum atomic E-state index is -2.51. The van der Waals surface area contributed by atoms with Crippen molar-refractivity contribution >= 4 is 8.80 Å². The van der Waals surface area contributed by atoms with E-state index in [1.807, 2.05) is 20.8 Å². The minimum absolute atomic E-state index is 0.462. The highest BCUT2D eigenvalue weighted by molar-refractivity contribution is 6.60. The van der Waals surface area contributed by atoms with Gasteiger partial charge in [0.15, 0.2) is 0 Å². The predicted octanol–water partition coefficient (Wildman–Crippen LogP) is 7.39. The van der Waals surface area contributed by atoms with Crippen molar-refractivity contribution in [3.63, 3.8) is 0 Å². The molecule has 5 heteroatoms. The monoisotopic (exact) mass is 456 g/mol. The van der Waals surface area contributed by atoms with E-state index in [1.54, 1.807) is 0 Å². The van der Waals surface area contributed by atoms with Crippen molar-refractivity contribution in [2.75, 3.05) is 26.4 Å². The van der Waals surface area contributed by atoms with Crippen LogP contribution in [0.5, 0.6) is 0 Å². The van der Waals surface area contributed by atoms with E-state index >= 15 is 0 Å². The molecule has 0 aromatic carbocycles. The Kier molecular flexibility index (Phi) is 13.9. The molecule has 0 saturated heterocycles. The number of unbranched alkanes of at least 4 members (excludes halogenated alkanes) is 2. The highest BCUT2D eigenvalue weighted by Crippen LogP contribution is 2.41. The molecule has 31 heavy (non-hydrogen) atoms. The van der Waals surface area contributed by atoms with E-state index in [4.69, 9.17) is 18.0 Å². The van der Waals surface area contributed by atoms with Gasteiger partial charge in [-0.2, -0.15) is 0 Å². The van der Waals surface area contributed by atoms with Crippen molar-refractivity contribution in [2.45, 2.75) is 123 Å². The third kappa shape index (κ3) is 9.83. The van der Waals surface area contributed by atoms with E-state index < -0.39 is 8.80 Å². The highest BCUT2D eigenvalue weighted by atomic mass is 28.4. The van der Waals surface area contributed by atoms with Crippen LogP contribution in [0.4, 0.5) is 0 Å². The smallest absolute Gasteiger partial charge is 0.378 e. The first-order valence-corrected chi connectivity index (χ1v) is 15.6. The zero-order chi connectivity index (χ0) is 22.4. The van der Waals surface area contributed by atoms with Gasteiger partial charge in [-0.25, -0.2) is 0 Å². The summed E-state index contributed by atoms with van der Waals surface area (Å²) >= 11 is 0. The van der Waals surface area contributed by atoms with Crippen molar-refractivity contribution in [3.8, 4) is 0 Å². The molecular weight excluding hydrogens is 404 g/mol. The molecule has 0 amide bonds. The number of hydrogen-bond acceptors (Lipinski definition) is 4. The van der Waals surface area contributed by atoms with Crippen molar-refractivity contribution < 1.29 is 18.0 Å². The summed E-state index contributed by atoms with van der Waals surface area (Å²) in [6.45, 7) is 11.1. The van der Waals surface area contributed by atoms with Gasteiger partial charge < -0.3 is 18.0 Å². The Balaban J connectivity index is 1.60. The molecule has 0 bridgehead atoms. The van der Waals surface area contributed by atoms with Crippen LogP contribution in [-0.2, 0) is 18.0 Å². The Bertz CT molecular complexity index is 414. The molecule has 0 heterocycles. The SMILES string of the molecule is CCCCCC1CCC(C2CCC(OCCC[Si](OCC)(OCC)OCC)CC2)CC1. The van der Waals surface area contributed by atoms with Crippen LogP contribution < -0.4 is 0 Å². The van der Waals surface area contributed by atoms with E-state index in [2.05, 4.69) is 6.92 Å². The van der Waals surface area contributed by atoms with Crippen LogP contribution in [0, 0.1) is 17.8 Å². The van der Waals surface area contributed by atoms with Crippen molar-refractivity contribution in [2.24, 2.45) is 17.8 Å². The molecule has 0 aromatic heterocycles. The highest BCUT2D eigenvalue weighted by Gasteiger charge is 2.39. The molecule has 4 nitrogen and oxygen atoms in total. The Hall–Kier alpha value is 0.0569. The second-order valence-electron chi connectivity index (χ2n) is 9.77. The van der Waals surface area contributed by atoms with Crippen LogP contribution in [0.25, 0.3) is 0 Å². The van der Waals surface area contributed by atoms with E-state index in [9.17, 15) is 0 Å². The average molecular weight is 457 g/mol. The molecule has 184 valence electrons. The molecule has 2 aliphatic carbocycles. The Labute approximate surface area is 194 Å². The predicted molar refractivity (Wildman–Crippen MR) is 131 cm³/mol. The maximum Gasteiger partial charge on any atom is 0.501 e. The Morgan fingerprint density at radius 3 is 1.71 bits per heavy atom. The van der Waals surface area contributed by atoms with Gasteiger partial charge in [0.25, 0.3) is 0 Å². The first-order valence-electron chi connectivity index (χ1n) is 13.7. The lowest BCUT2D eigenvalue weighted by Gasteiger charge is -2.38. The second-order valence-corrected chi connectivity index (χ2v) is 12.5. The fraction of sp³-hybridized carbons (Fsp3) is 1.00. The van der Waals surface area contributed by atoms with Gasteiger partial charge in [0.1, 0.15) is 0 Å². The quantitative estimate of drug-likeness (QED) is 0.179. The molecule has 2 aliphatic rings. The first kappa shape index (κ1) is 27.3. The van der Waals surface area contributed by atoms with E-state index in [0.717, 1.165) is 36.8 Å². The molecule has 0 aromatic rings. The van der Waals surface area contributed by atoms with Crippen LogP contribution in [-0.4, -0.2) is 41.3 Å². The van der Waals surface area contributed by atoms with Gasteiger partial charge in [-0.05, 0) is 83.5 Å². The molecule has 0 atom stereocenters. The standard InChI is InChI=1S/C26H52O4Si/c1-5-9-10-12-23-13-15-24(16-14-23)25-17-19-26(20-18-25)27-21-11-22-31(28-6-2,29-7-3)30-8-4/h23-26H,5-22H2,1-4H3. The topological polar surface area (TPSA) is 36.9 Å². The number of ether oxygens (including phenoxy) is 1. The van der Waals surface area contributed by atoms with Crippen LogP contribution in [0.2, 0.25) is 6.04 Å². The maximum absolute atomic E-state index is 6.28. The summed E-state index contributed by atoms with van der Waals surface area (Å²) in [6.07, 6.45) is 18.4. The van der Waals surface area contributed by atoms with Gasteiger partial charge in [0.2, 0.25) is 0 Å². The molecule has 2 fully saturated rings. The van der Waals surface area contributed by atoms with Gasteiger partial charge in [-0.3, -0.25) is 0 Å². The molecule has 0 radical (unpaired) electrons. The fourth-order valence-electron chi connectivity index (χ4n) is 5.90. The number of rotatable bonds is 16. The summed E-state index contributed by atoms with van der Waals surface area (Å²) in [4.78, 5) is 0. The van der Waals surface area contributed by atoms with Crippen molar-refractivity contribution in [1.82, 2.24) is 0 Å². The van der Waals surface area contributed by atoms with Gasteiger partial charge in [0, 0.05) is 32.5 Å². The maximum atomic E-state index is 6.28. The summed E-state index contributed by atoms with van der Waals surface area (Å²) in [5.74, 6) is 2.99. The van der Waals surface area contributed by atoms with Crippen LogP contribution >= 0.6 is 0 Å². The van der Waals surface area contributed by atoms with Crippen molar-refractivity contribution in [3.05, 3.63) is 0 Å². The molecule has 2 saturated carbocycles. The Morgan fingerprint density at radius 2 is 1.19 bits per heavy atom. The van der Waals surface area contributed by atoms with Crippen LogP contribution in [0.15, 0.2) is 0 Å². The molecular formula is C26H52O4Si. The van der Waals surface area contributed by atoms with Crippen molar-refractivity contribution in [1.29, 1.82) is 0 Å². The summed E-state index contributed by atoms with van der Waals surface area (Å²) in [6, 6.07) is 0.860. The first-order chi connectivity index (χ1) is 15.2. The van der Waals surface area contributed by atoms with E-state index in [-0.39, 0.29) is 0 Å². The summed E-state index contributed by atoms with van der Waals surface area (Å²) < 4.78 is 24.1. The second kappa shape index (κ2) is 15.8. The van der Waals surface area contributed by atoms with Gasteiger partial charge >= 0.3 is 8.80 Å². The van der Waals surface area contributed by atoms with Crippen LogP contribution in [0.1, 0.15) is 111 Å². The molecule has 2 rings (SSSR count). The normalized spacial score (nSPS) is 27.5. The average Bonchev–Trinajstić information content (AvgIpc) is 2.78. The summed E-state index contributed by atoms with van der Waals surface area (Å²) in [7, 11) is -2.51.